The van der Waals surface area contributed by atoms with Crippen molar-refractivity contribution in [2.24, 2.45) is 11.8 Å². The molecule has 0 aliphatic heterocycles. The monoisotopic (exact) mass is 576 g/mol. The first-order valence-corrected chi connectivity index (χ1v) is 14.5. The van der Waals surface area contributed by atoms with Gasteiger partial charge in [-0.05, 0) is 92.5 Å². The third-order valence-electron chi connectivity index (χ3n) is 8.04. The summed E-state index contributed by atoms with van der Waals surface area (Å²) in [5.74, 6) is -3.88. The first-order valence-electron chi connectivity index (χ1n) is 12.5. The fourth-order valence-corrected chi connectivity index (χ4v) is 8.41. The summed E-state index contributed by atoms with van der Waals surface area (Å²) < 4.78 is 54.3. The summed E-state index contributed by atoms with van der Waals surface area (Å²) in [6.45, 7) is 1.86. The molecule has 3 N–H and O–H groups in total. The first kappa shape index (κ1) is 27.6. The van der Waals surface area contributed by atoms with Gasteiger partial charge < -0.3 is 15.5 Å². The van der Waals surface area contributed by atoms with Crippen molar-refractivity contribution in [3.63, 3.8) is 0 Å². The number of hydrogen-bond acceptors (Lipinski definition) is 6. The van der Waals surface area contributed by atoms with Crippen LogP contribution in [0.4, 0.5) is 14.5 Å². The molecule has 1 amide bonds. The third-order valence-corrected chi connectivity index (χ3v) is 10.7. The van der Waals surface area contributed by atoms with Crippen molar-refractivity contribution < 1.29 is 32.2 Å². The molecular weight excluding hydrogens is 550 g/mol. The molecule has 2 aliphatic rings. The van der Waals surface area contributed by atoms with E-state index in [4.69, 9.17) is 11.6 Å². The largest absolute Gasteiger partial charge is 0.386 e. The van der Waals surface area contributed by atoms with E-state index in [1.807, 2.05) is 6.92 Å². The predicted molar refractivity (Wildman–Crippen MR) is 141 cm³/mol. The molecule has 7 nitrogen and oxygen atoms in total. The number of fused-ring (bicyclic) bond motifs is 2. The molecule has 1 aromatic heterocycles. The van der Waals surface area contributed by atoms with Crippen molar-refractivity contribution in [3.05, 3.63) is 88.2 Å². The quantitative estimate of drug-likeness (QED) is 0.380. The average molecular weight is 577 g/mol. The Balaban J connectivity index is 1.39. The molecule has 5 rings (SSSR count). The zero-order chi connectivity index (χ0) is 28.1. The van der Waals surface area contributed by atoms with E-state index in [1.165, 1.54) is 24.3 Å². The lowest BCUT2D eigenvalue weighted by atomic mass is 9.70. The van der Waals surface area contributed by atoms with E-state index in [0.717, 1.165) is 17.7 Å². The maximum Gasteiger partial charge on any atom is 0.255 e. The standard InChI is InChI=1S/C28H27ClF2N2O5S/c1-15-8-9-32-24(10-15)26(34)28(36)17-3-4-18(28)13-20(12-17)39(37,38)25-11-16(2-6-21(25)29)27(35)33-19-5-7-22(30)23(31)14-19/h2,5-11,14,17-18,20,26,34,36H,3-4,12-13H2,1H3,(H,33,35)/t17-,18+,20-,26-,28-/m0/s1. The zero-order valence-electron chi connectivity index (χ0n) is 20.9. The summed E-state index contributed by atoms with van der Waals surface area (Å²) in [4.78, 5) is 16.8. The molecule has 5 atom stereocenters. The van der Waals surface area contributed by atoms with Gasteiger partial charge in [0.05, 0.1) is 20.9 Å². The van der Waals surface area contributed by atoms with Crippen LogP contribution in [0.2, 0.25) is 5.02 Å². The van der Waals surface area contributed by atoms with Crippen LogP contribution in [-0.4, -0.2) is 40.4 Å². The minimum Gasteiger partial charge on any atom is -0.386 e. The molecule has 3 aromatic rings. The molecule has 0 saturated heterocycles. The Kier molecular flexibility index (Phi) is 7.26. The van der Waals surface area contributed by atoms with Crippen molar-refractivity contribution in [2.75, 3.05) is 5.32 Å². The van der Waals surface area contributed by atoms with Gasteiger partial charge in [0.1, 0.15) is 11.7 Å². The summed E-state index contributed by atoms with van der Waals surface area (Å²) in [7, 11) is -4.04. The predicted octanol–water partition coefficient (Wildman–Crippen LogP) is 5.00. The number of carbonyl (C=O) groups is 1. The number of nitrogens with zero attached hydrogens (tertiary/aromatic N) is 1. The minimum absolute atomic E-state index is 0.00283. The summed E-state index contributed by atoms with van der Waals surface area (Å²) >= 11 is 6.29. The number of halogens is 3. The van der Waals surface area contributed by atoms with E-state index in [9.17, 15) is 32.2 Å². The highest BCUT2D eigenvalue weighted by Gasteiger charge is 2.59. The summed E-state index contributed by atoms with van der Waals surface area (Å²) in [5, 5.41) is 24.3. The number of carbonyl (C=O) groups excluding carboxylic acids is 1. The van der Waals surface area contributed by atoms with Crippen LogP contribution in [-0.2, 0) is 9.84 Å². The van der Waals surface area contributed by atoms with Crippen LogP contribution in [0.25, 0.3) is 0 Å². The van der Waals surface area contributed by atoms with Gasteiger partial charge in [-0.1, -0.05) is 11.6 Å². The average Bonchev–Trinajstić information content (AvgIpc) is 3.05. The van der Waals surface area contributed by atoms with E-state index in [2.05, 4.69) is 10.3 Å². The highest BCUT2D eigenvalue weighted by molar-refractivity contribution is 7.92. The Labute approximate surface area is 229 Å². The topological polar surface area (TPSA) is 117 Å². The number of aromatic nitrogens is 1. The second kappa shape index (κ2) is 10.2. The number of benzene rings is 2. The van der Waals surface area contributed by atoms with E-state index >= 15 is 0 Å². The van der Waals surface area contributed by atoms with Crippen LogP contribution < -0.4 is 5.32 Å². The number of hydrogen-bond donors (Lipinski definition) is 3. The van der Waals surface area contributed by atoms with Gasteiger partial charge in [-0.25, -0.2) is 17.2 Å². The zero-order valence-corrected chi connectivity index (χ0v) is 22.5. The lowest BCUT2D eigenvalue weighted by Crippen LogP contribution is -2.52. The van der Waals surface area contributed by atoms with Crippen LogP contribution in [0.15, 0.2) is 59.6 Å². The van der Waals surface area contributed by atoms with Crippen LogP contribution in [0.1, 0.15) is 53.4 Å². The Hall–Kier alpha value is -2.92. The number of aryl methyl sites for hydroxylation is 1. The van der Waals surface area contributed by atoms with Gasteiger partial charge in [0.2, 0.25) is 0 Å². The summed E-state index contributed by atoms with van der Waals surface area (Å²) in [5.41, 5.74) is -0.308. The molecule has 1 heterocycles. The number of pyridine rings is 1. The van der Waals surface area contributed by atoms with Gasteiger partial charge in [-0.15, -0.1) is 0 Å². The number of aliphatic hydroxyl groups excluding tert-OH is 1. The molecule has 0 radical (unpaired) electrons. The molecule has 2 fully saturated rings. The van der Waals surface area contributed by atoms with Crippen LogP contribution in [0.5, 0.6) is 0 Å². The fraction of sp³-hybridized carbons (Fsp3) is 0.357. The molecule has 2 aromatic carbocycles. The van der Waals surface area contributed by atoms with Crippen molar-refractivity contribution in [1.82, 2.24) is 4.98 Å². The van der Waals surface area contributed by atoms with Gasteiger partial charge in [-0.2, -0.15) is 0 Å². The summed E-state index contributed by atoms with van der Waals surface area (Å²) in [6.07, 6.45) is 1.64. The van der Waals surface area contributed by atoms with E-state index < -0.39 is 56.2 Å². The fourth-order valence-electron chi connectivity index (χ4n) is 6.01. The lowest BCUT2D eigenvalue weighted by Gasteiger charge is -2.45. The van der Waals surface area contributed by atoms with Gasteiger partial charge in [0.15, 0.2) is 21.5 Å². The van der Waals surface area contributed by atoms with Crippen LogP contribution in [0, 0.1) is 30.4 Å². The number of anilines is 1. The van der Waals surface area contributed by atoms with E-state index in [1.54, 1.807) is 18.3 Å². The Bertz CT molecular complexity index is 1540. The molecule has 2 bridgehead atoms. The first-order chi connectivity index (χ1) is 18.4. The molecule has 0 spiro atoms. The maximum atomic E-state index is 13.8. The van der Waals surface area contributed by atoms with Gasteiger partial charge in [-0.3, -0.25) is 9.78 Å². The van der Waals surface area contributed by atoms with Crippen molar-refractivity contribution in [3.8, 4) is 0 Å². The number of amides is 1. The van der Waals surface area contributed by atoms with Crippen molar-refractivity contribution in [1.29, 1.82) is 0 Å². The van der Waals surface area contributed by atoms with E-state index in [0.29, 0.717) is 18.5 Å². The SMILES string of the molecule is Cc1ccnc([C@H](O)[C@@]2(O)[C@@H]3CC[C@H]2C[C@H](S(=O)(=O)c2cc(C(=O)Nc4ccc(F)c(F)c4)ccc2Cl)C3)c1. The van der Waals surface area contributed by atoms with Gasteiger partial charge >= 0.3 is 0 Å². The molecular formula is C28H27ClF2N2O5S. The summed E-state index contributed by atoms with van der Waals surface area (Å²) in [6, 6.07) is 10.2. The molecule has 11 heteroatoms. The third kappa shape index (κ3) is 4.95. The molecule has 2 saturated carbocycles. The maximum absolute atomic E-state index is 13.8. The number of aliphatic hydroxyl groups is 2. The highest BCUT2D eigenvalue weighted by Crippen LogP contribution is 2.56. The highest BCUT2D eigenvalue weighted by atomic mass is 35.5. The lowest BCUT2D eigenvalue weighted by molar-refractivity contribution is -0.145. The van der Waals surface area contributed by atoms with Crippen LogP contribution in [0.3, 0.4) is 0 Å². The van der Waals surface area contributed by atoms with Crippen LogP contribution >= 0.6 is 11.6 Å². The molecule has 2 aliphatic carbocycles. The number of nitrogens with one attached hydrogen (secondary N) is 1. The molecule has 206 valence electrons. The van der Waals surface area contributed by atoms with Gasteiger partial charge in [0.25, 0.3) is 5.91 Å². The van der Waals surface area contributed by atoms with Crippen molar-refractivity contribution in [2.45, 2.75) is 54.5 Å². The second-order valence-electron chi connectivity index (χ2n) is 10.4. The molecule has 39 heavy (non-hydrogen) atoms. The minimum atomic E-state index is -4.04. The number of rotatable bonds is 6. The van der Waals surface area contributed by atoms with E-state index in [-0.39, 0.29) is 34.0 Å². The normalized spacial score (nSPS) is 25.3. The number of sulfone groups is 1. The second-order valence-corrected chi connectivity index (χ2v) is 13.0. The Morgan fingerprint density at radius 2 is 1.77 bits per heavy atom. The smallest absolute Gasteiger partial charge is 0.255 e. The van der Waals surface area contributed by atoms with Crippen molar-refractivity contribution >= 4 is 33.0 Å². The Morgan fingerprint density at radius 3 is 2.41 bits per heavy atom. The molecule has 0 unspecified atom stereocenters. The van der Waals surface area contributed by atoms with Gasteiger partial charge in [0, 0.05) is 23.5 Å². The Morgan fingerprint density at radius 1 is 1.08 bits per heavy atom.